The molecule has 6 nitrogen and oxygen atoms in total. The van der Waals surface area contributed by atoms with Crippen molar-refractivity contribution in [2.75, 3.05) is 33.7 Å². The molecule has 120 valence electrons. The van der Waals surface area contributed by atoms with E-state index in [4.69, 9.17) is 0 Å². The highest BCUT2D eigenvalue weighted by molar-refractivity contribution is 5.84. The van der Waals surface area contributed by atoms with Crippen molar-refractivity contribution in [3.05, 3.63) is 0 Å². The predicted molar refractivity (Wildman–Crippen MR) is 80.2 cm³/mol. The summed E-state index contributed by atoms with van der Waals surface area (Å²) in [6.07, 6.45) is 2.66. The first-order valence-electron chi connectivity index (χ1n) is 7.69. The zero-order valence-electron chi connectivity index (χ0n) is 13.5. The topological polar surface area (TPSA) is 64.1 Å². The number of hydrogen-bond donors (Lipinski definition) is 1. The van der Waals surface area contributed by atoms with Crippen LogP contribution in [0.15, 0.2) is 0 Å². The average Bonchev–Trinajstić information content (AvgIpc) is 2.85. The minimum absolute atomic E-state index is 0.112. The van der Waals surface area contributed by atoms with Crippen molar-refractivity contribution in [2.45, 2.75) is 45.2 Å². The van der Waals surface area contributed by atoms with E-state index < -0.39 is 12.0 Å². The summed E-state index contributed by atoms with van der Waals surface area (Å²) < 4.78 is 0. The maximum absolute atomic E-state index is 12.7. The van der Waals surface area contributed by atoms with Crippen LogP contribution in [0.1, 0.15) is 33.1 Å². The first-order valence-corrected chi connectivity index (χ1v) is 7.69. The van der Waals surface area contributed by atoms with E-state index in [1.54, 1.807) is 4.90 Å². The molecule has 0 aromatic carbocycles. The molecule has 2 aliphatic rings. The van der Waals surface area contributed by atoms with Crippen LogP contribution in [0.4, 0.5) is 4.79 Å². The van der Waals surface area contributed by atoms with Crippen LogP contribution in [0.5, 0.6) is 0 Å². The van der Waals surface area contributed by atoms with Gasteiger partial charge in [0, 0.05) is 25.7 Å². The lowest BCUT2D eigenvalue weighted by Crippen LogP contribution is -2.59. The van der Waals surface area contributed by atoms with E-state index in [0.717, 1.165) is 19.3 Å². The van der Waals surface area contributed by atoms with E-state index in [0.29, 0.717) is 25.7 Å². The van der Waals surface area contributed by atoms with Gasteiger partial charge in [-0.3, -0.25) is 0 Å². The van der Waals surface area contributed by atoms with E-state index in [-0.39, 0.29) is 11.4 Å². The summed E-state index contributed by atoms with van der Waals surface area (Å²) in [5.41, 5.74) is -0.375. The Morgan fingerprint density at radius 1 is 1.24 bits per heavy atom. The molecule has 0 aliphatic carbocycles. The highest BCUT2D eigenvalue weighted by atomic mass is 16.4. The molecule has 1 N–H and O–H groups in total. The number of piperidine rings is 1. The Hall–Kier alpha value is -1.30. The third-order valence-corrected chi connectivity index (χ3v) is 4.92. The molecule has 6 heteroatoms. The Bertz CT molecular complexity index is 422. The second-order valence-corrected chi connectivity index (χ2v) is 7.16. The zero-order chi connectivity index (χ0) is 15.8. The van der Waals surface area contributed by atoms with Crippen LogP contribution in [0.2, 0.25) is 0 Å². The van der Waals surface area contributed by atoms with E-state index in [1.165, 1.54) is 0 Å². The lowest BCUT2D eigenvalue weighted by Gasteiger charge is -2.45. The SMILES string of the molecule is CN(C)C1CCN(C(=O)N2CCCC(C)(C)C2C(=O)O)C1. The van der Waals surface area contributed by atoms with Gasteiger partial charge in [-0.15, -0.1) is 0 Å². The van der Waals surface area contributed by atoms with Crippen molar-refractivity contribution in [1.29, 1.82) is 0 Å². The lowest BCUT2D eigenvalue weighted by atomic mass is 9.76. The van der Waals surface area contributed by atoms with Crippen LogP contribution in [-0.4, -0.2) is 77.6 Å². The maximum atomic E-state index is 12.7. The molecule has 2 saturated heterocycles. The second-order valence-electron chi connectivity index (χ2n) is 7.16. The molecule has 2 fully saturated rings. The monoisotopic (exact) mass is 297 g/mol. The van der Waals surface area contributed by atoms with Crippen LogP contribution in [-0.2, 0) is 4.79 Å². The normalized spacial score (nSPS) is 29.0. The van der Waals surface area contributed by atoms with Gasteiger partial charge in [0.25, 0.3) is 0 Å². The van der Waals surface area contributed by atoms with Crippen LogP contribution < -0.4 is 0 Å². The average molecular weight is 297 g/mol. The van der Waals surface area contributed by atoms with Gasteiger partial charge < -0.3 is 19.8 Å². The molecule has 2 heterocycles. The largest absolute Gasteiger partial charge is 0.480 e. The first-order chi connectivity index (χ1) is 9.74. The van der Waals surface area contributed by atoms with Crippen LogP contribution in [0.3, 0.4) is 0 Å². The number of hydrogen-bond acceptors (Lipinski definition) is 3. The fourth-order valence-electron chi connectivity index (χ4n) is 3.59. The number of carbonyl (C=O) groups is 2. The summed E-state index contributed by atoms with van der Waals surface area (Å²) in [5.74, 6) is -0.892. The van der Waals surface area contributed by atoms with Gasteiger partial charge in [0.15, 0.2) is 0 Å². The highest BCUT2D eigenvalue weighted by Crippen LogP contribution is 2.36. The van der Waals surface area contributed by atoms with Gasteiger partial charge in [-0.05, 0) is 38.8 Å². The molecular weight excluding hydrogens is 270 g/mol. The molecule has 0 bridgehead atoms. The second kappa shape index (κ2) is 5.83. The van der Waals surface area contributed by atoms with Crippen molar-refractivity contribution < 1.29 is 14.7 Å². The Balaban J connectivity index is 2.12. The molecule has 2 amide bonds. The molecule has 2 unspecified atom stereocenters. The number of nitrogens with zero attached hydrogens (tertiary/aromatic N) is 3. The summed E-state index contributed by atoms with van der Waals surface area (Å²) >= 11 is 0. The van der Waals surface area contributed by atoms with Crippen LogP contribution in [0, 0.1) is 5.41 Å². The standard InChI is InChI=1S/C15H27N3O3/c1-15(2)7-5-8-18(12(15)13(19)20)14(21)17-9-6-11(10-17)16(3)4/h11-12H,5-10H2,1-4H3,(H,19,20). The number of amides is 2. The molecule has 21 heavy (non-hydrogen) atoms. The summed E-state index contributed by atoms with van der Waals surface area (Å²) in [7, 11) is 4.03. The highest BCUT2D eigenvalue weighted by Gasteiger charge is 2.46. The van der Waals surface area contributed by atoms with Gasteiger partial charge in [0.1, 0.15) is 6.04 Å². The molecule has 0 saturated carbocycles. The number of likely N-dealkylation sites (N-methyl/N-ethyl adjacent to an activating group) is 1. The molecule has 2 atom stereocenters. The van der Waals surface area contributed by atoms with Crippen molar-refractivity contribution in [3.8, 4) is 0 Å². The Kier molecular flexibility index (Phi) is 4.46. The third-order valence-electron chi connectivity index (χ3n) is 4.92. The van der Waals surface area contributed by atoms with Gasteiger partial charge in [-0.1, -0.05) is 13.8 Å². The smallest absolute Gasteiger partial charge is 0.327 e. The first kappa shape index (κ1) is 16.1. The number of aliphatic carboxylic acids is 1. The van der Waals surface area contributed by atoms with E-state index >= 15 is 0 Å². The van der Waals surface area contributed by atoms with Gasteiger partial charge in [0.05, 0.1) is 0 Å². The van der Waals surface area contributed by atoms with E-state index in [9.17, 15) is 14.7 Å². The Morgan fingerprint density at radius 2 is 1.90 bits per heavy atom. The molecule has 0 radical (unpaired) electrons. The summed E-state index contributed by atoms with van der Waals surface area (Å²) in [6, 6.07) is -0.466. The molecular formula is C15H27N3O3. The quantitative estimate of drug-likeness (QED) is 0.835. The number of rotatable bonds is 2. The van der Waals surface area contributed by atoms with Crippen molar-refractivity contribution >= 4 is 12.0 Å². The van der Waals surface area contributed by atoms with Crippen molar-refractivity contribution in [1.82, 2.24) is 14.7 Å². The number of carbonyl (C=O) groups excluding carboxylic acids is 1. The Labute approximate surface area is 126 Å². The minimum atomic E-state index is -0.892. The molecule has 0 aromatic rings. The molecule has 2 rings (SSSR count). The number of carboxylic acid groups (broad SMARTS) is 1. The number of carboxylic acids is 1. The van der Waals surface area contributed by atoms with E-state index in [2.05, 4.69) is 4.90 Å². The van der Waals surface area contributed by atoms with Crippen molar-refractivity contribution in [3.63, 3.8) is 0 Å². The molecule has 2 aliphatic heterocycles. The van der Waals surface area contributed by atoms with E-state index in [1.807, 2.05) is 32.8 Å². The fraction of sp³-hybridized carbons (Fsp3) is 0.867. The van der Waals surface area contributed by atoms with Gasteiger partial charge in [-0.2, -0.15) is 0 Å². The van der Waals surface area contributed by atoms with Crippen LogP contribution in [0.25, 0.3) is 0 Å². The minimum Gasteiger partial charge on any atom is -0.480 e. The van der Waals surface area contributed by atoms with Gasteiger partial charge in [0.2, 0.25) is 0 Å². The van der Waals surface area contributed by atoms with Gasteiger partial charge in [-0.25, -0.2) is 9.59 Å². The lowest BCUT2D eigenvalue weighted by molar-refractivity contribution is -0.148. The third kappa shape index (κ3) is 3.15. The van der Waals surface area contributed by atoms with Gasteiger partial charge >= 0.3 is 12.0 Å². The maximum Gasteiger partial charge on any atom is 0.327 e. The zero-order valence-corrected chi connectivity index (χ0v) is 13.5. The summed E-state index contributed by atoms with van der Waals surface area (Å²) in [6.45, 7) is 5.83. The summed E-state index contributed by atoms with van der Waals surface area (Å²) in [5, 5.41) is 9.56. The number of urea groups is 1. The molecule has 0 spiro atoms. The fourth-order valence-corrected chi connectivity index (χ4v) is 3.59. The van der Waals surface area contributed by atoms with Crippen LogP contribution >= 0.6 is 0 Å². The molecule has 0 aromatic heterocycles. The Morgan fingerprint density at radius 3 is 2.43 bits per heavy atom. The predicted octanol–water partition coefficient (Wildman–Crippen LogP) is 1.32. The summed E-state index contributed by atoms with van der Waals surface area (Å²) in [4.78, 5) is 29.9. The number of likely N-dealkylation sites (tertiary alicyclic amines) is 2. The van der Waals surface area contributed by atoms with Crippen molar-refractivity contribution in [2.24, 2.45) is 5.41 Å².